The van der Waals surface area contributed by atoms with E-state index in [9.17, 15) is 20.3 Å². The van der Waals surface area contributed by atoms with E-state index in [1.807, 2.05) is 12.3 Å². The van der Waals surface area contributed by atoms with Gasteiger partial charge in [0.25, 0.3) is 0 Å². The molecule has 0 amide bonds. The molecule has 214 valence electrons. The Hall–Kier alpha value is -4.53. The number of ether oxygens (including phenoxy) is 1. The Morgan fingerprint density at radius 3 is 2.88 bits per heavy atom. The van der Waals surface area contributed by atoms with Crippen LogP contribution in [0.2, 0.25) is 0 Å². The summed E-state index contributed by atoms with van der Waals surface area (Å²) in [6, 6.07) is 13.6. The normalized spacial score (nSPS) is 16.1. The quantitative estimate of drug-likeness (QED) is 0.264. The monoisotopic (exact) mass is 582 g/mol. The van der Waals surface area contributed by atoms with Crippen molar-refractivity contribution < 1.29 is 19.7 Å². The van der Waals surface area contributed by atoms with Gasteiger partial charge in [-0.3, -0.25) is 9.69 Å². The maximum absolute atomic E-state index is 12.2. The highest BCUT2D eigenvalue weighted by Gasteiger charge is 2.27. The van der Waals surface area contributed by atoms with Gasteiger partial charge in [0.1, 0.15) is 34.7 Å². The largest absolute Gasteiger partial charge is 0.493 e. The molecule has 1 aliphatic rings. The minimum Gasteiger partial charge on any atom is -0.493 e. The number of hydrogen-bond acceptors (Lipinski definition) is 9. The van der Waals surface area contributed by atoms with Crippen LogP contribution in [-0.2, 0) is 24.9 Å². The smallest absolute Gasteiger partial charge is 0.304 e. The molecule has 10 nitrogen and oxygen atoms in total. The molecular weight excluding hydrogens is 552 g/mol. The summed E-state index contributed by atoms with van der Waals surface area (Å²) in [6.07, 6.45) is 0.640. The topological polar surface area (TPSA) is 137 Å². The van der Waals surface area contributed by atoms with E-state index in [0.717, 1.165) is 38.8 Å². The minimum atomic E-state index is -0.929. The molecule has 5 aromatic rings. The van der Waals surface area contributed by atoms with E-state index in [2.05, 4.69) is 51.4 Å². The SMILES string of the molecule is CC[C@@H]1CN(Cc2cc([C@H](CC(=O)O)c3cc(C#N)c4c(nnn4C)c3C)cc3ccsc23)Cc2nc(O)ccc2O1. The standard InChI is InChI=1S/C31H30N6O4S/c1-4-22-15-37(16-25-26(41-22)5-6-27(38)33-25)14-21-10-19(9-18-7-8-42-31(18)21)24(12-28(39)40)23-11-20(13-32)30-29(17(23)2)34-35-36(30)3/h5-11,22,24H,4,12,14-16H2,1-3H3,(H,33,38)(H,39,40)/t22-,24+/m1/s1. The maximum atomic E-state index is 12.2. The Labute approximate surface area is 246 Å². The molecule has 2 atom stereocenters. The van der Waals surface area contributed by atoms with Gasteiger partial charge in [-0.15, -0.1) is 16.4 Å². The average molecular weight is 583 g/mol. The van der Waals surface area contributed by atoms with Crippen LogP contribution in [0, 0.1) is 18.3 Å². The van der Waals surface area contributed by atoms with E-state index in [-0.39, 0.29) is 18.4 Å². The summed E-state index contributed by atoms with van der Waals surface area (Å²) >= 11 is 1.65. The van der Waals surface area contributed by atoms with E-state index in [1.165, 1.54) is 0 Å². The molecule has 0 radical (unpaired) electrons. The van der Waals surface area contributed by atoms with E-state index in [0.29, 0.717) is 47.7 Å². The first-order valence-corrected chi connectivity index (χ1v) is 14.7. The number of nitriles is 1. The molecule has 11 heteroatoms. The molecule has 0 fully saturated rings. The second-order valence-electron chi connectivity index (χ2n) is 10.8. The Morgan fingerprint density at radius 1 is 1.29 bits per heavy atom. The number of aliphatic carboxylic acids is 1. The van der Waals surface area contributed by atoms with E-state index >= 15 is 0 Å². The van der Waals surface area contributed by atoms with E-state index in [4.69, 9.17) is 4.74 Å². The summed E-state index contributed by atoms with van der Waals surface area (Å²) in [6.45, 7) is 5.77. The van der Waals surface area contributed by atoms with Crippen LogP contribution in [0.4, 0.5) is 0 Å². The molecule has 0 unspecified atom stereocenters. The Morgan fingerprint density at radius 2 is 2.12 bits per heavy atom. The van der Waals surface area contributed by atoms with Crippen molar-refractivity contribution in [1.82, 2.24) is 24.9 Å². The van der Waals surface area contributed by atoms with Gasteiger partial charge in [0, 0.05) is 43.4 Å². The summed E-state index contributed by atoms with van der Waals surface area (Å²) < 4.78 is 8.93. The zero-order chi connectivity index (χ0) is 29.5. The lowest BCUT2D eigenvalue weighted by atomic mass is 9.83. The van der Waals surface area contributed by atoms with Crippen LogP contribution in [0.5, 0.6) is 11.6 Å². The zero-order valence-electron chi connectivity index (χ0n) is 23.5. The number of carboxylic acid groups (broad SMARTS) is 1. The van der Waals surface area contributed by atoms with Crippen LogP contribution in [-0.4, -0.2) is 53.7 Å². The molecule has 4 heterocycles. The second-order valence-corrected chi connectivity index (χ2v) is 11.7. The van der Waals surface area contributed by atoms with E-state index in [1.54, 1.807) is 41.3 Å². The van der Waals surface area contributed by atoms with Gasteiger partial charge < -0.3 is 14.9 Å². The van der Waals surface area contributed by atoms with Gasteiger partial charge in [0.05, 0.1) is 12.0 Å². The van der Waals surface area contributed by atoms with Gasteiger partial charge in [-0.25, -0.2) is 9.67 Å². The zero-order valence-corrected chi connectivity index (χ0v) is 24.4. The highest BCUT2D eigenvalue weighted by molar-refractivity contribution is 7.17. The van der Waals surface area contributed by atoms with Gasteiger partial charge in [-0.2, -0.15) is 5.26 Å². The minimum absolute atomic E-state index is 0.0369. The summed E-state index contributed by atoms with van der Waals surface area (Å²) in [7, 11) is 1.74. The highest BCUT2D eigenvalue weighted by Crippen LogP contribution is 2.39. The Bertz CT molecular complexity index is 1870. The lowest BCUT2D eigenvalue weighted by Crippen LogP contribution is -2.32. The summed E-state index contributed by atoms with van der Waals surface area (Å²) in [5.41, 5.74) is 5.84. The van der Waals surface area contributed by atoms with Crippen molar-refractivity contribution >= 4 is 38.4 Å². The van der Waals surface area contributed by atoms with Crippen LogP contribution in [0.15, 0.2) is 41.8 Å². The Kier molecular flexibility index (Phi) is 7.26. The van der Waals surface area contributed by atoms with Crippen molar-refractivity contribution in [3.8, 4) is 17.7 Å². The molecule has 0 bridgehead atoms. The van der Waals surface area contributed by atoms with Crippen LogP contribution < -0.4 is 4.74 Å². The van der Waals surface area contributed by atoms with E-state index < -0.39 is 11.9 Å². The van der Waals surface area contributed by atoms with Crippen LogP contribution in [0.1, 0.15) is 59.2 Å². The number of rotatable bonds is 7. The second kappa shape index (κ2) is 11.0. The van der Waals surface area contributed by atoms with Gasteiger partial charge in [0.2, 0.25) is 5.88 Å². The molecule has 2 aromatic carbocycles. The molecular formula is C31H30N6O4S. The number of aromatic nitrogens is 4. The number of pyridine rings is 1. The van der Waals surface area contributed by atoms with Gasteiger partial charge >= 0.3 is 5.97 Å². The number of fused-ring (bicyclic) bond motifs is 3. The third-order valence-electron chi connectivity index (χ3n) is 7.99. The molecule has 2 N–H and O–H groups in total. The summed E-state index contributed by atoms with van der Waals surface area (Å²) in [5.74, 6) is -0.790. The van der Waals surface area contributed by atoms with Crippen molar-refractivity contribution in [3.05, 3.63) is 75.3 Å². The molecule has 3 aromatic heterocycles. The molecule has 1 aliphatic heterocycles. The first-order chi connectivity index (χ1) is 20.2. The number of nitrogens with zero attached hydrogens (tertiary/aromatic N) is 6. The Balaban J connectivity index is 1.45. The van der Waals surface area contributed by atoms with Crippen LogP contribution >= 0.6 is 11.3 Å². The van der Waals surface area contributed by atoms with Gasteiger partial charge in [-0.05, 0) is 70.6 Å². The number of benzene rings is 2. The highest BCUT2D eigenvalue weighted by atomic mass is 32.1. The lowest BCUT2D eigenvalue weighted by molar-refractivity contribution is -0.137. The van der Waals surface area contributed by atoms with Crippen LogP contribution in [0.3, 0.4) is 0 Å². The fraction of sp³-hybridized carbons (Fsp3) is 0.323. The number of thiophene rings is 1. The number of carboxylic acids is 1. The summed E-state index contributed by atoms with van der Waals surface area (Å²) in [5, 5.41) is 41.5. The number of aromatic hydroxyl groups is 1. The first kappa shape index (κ1) is 27.6. The fourth-order valence-electron chi connectivity index (χ4n) is 5.96. The van der Waals surface area contributed by atoms with Gasteiger partial charge in [-0.1, -0.05) is 18.2 Å². The fourth-order valence-corrected chi connectivity index (χ4v) is 6.85. The molecule has 0 saturated carbocycles. The number of hydrogen-bond donors (Lipinski definition) is 2. The third kappa shape index (κ3) is 5.04. The third-order valence-corrected chi connectivity index (χ3v) is 9.00. The average Bonchev–Trinajstić information content (AvgIpc) is 3.56. The molecule has 6 rings (SSSR count). The molecule has 0 spiro atoms. The molecule has 0 aliphatic carbocycles. The van der Waals surface area contributed by atoms with Gasteiger partial charge in [0.15, 0.2) is 0 Å². The predicted octanol–water partition coefficient (Wildman–Crippen LogP) is 5.24. The number of aryl methyl sites for hydroxylation is 2. The predicted molar refractivity (Wildman–Crippen MR) is 159 cm³/mol. The summed E-state index contributed by atoms with van der Waals surface area (Å²) in [4.78, 5) is 18.8. The molecule has 42 heavy (non-hydrogen) atoms. The van der Waals surface area contributed by atoms with Crippen LogP contribution in [0.25, 0.3) is 21.1 Å². The lowest BCUT2D eigenvalue weighted by Gasteiger charge is -2.25. The number of carbonyl (C=O) groups is 1. The first-order valence-electron chi connectivity index (χ1n) is 13.8. The maximum Gasteiger partial charge on any atom is 0.304 e. The van der Waals surface area contributed by atoms with Crippen molar-refractivity contribution in [2.45, 2.75) is 51.8 Å². The van der Waals surface area contributed by atoms with Crippen molar-refractivity contribution in [2.75, 3.05) is 6.54 Å². The van der Waals surface area contributed by atoms with Crippen molar-refractivity contribution in [2.24, 2.45) is 7.05 Å². The van der Waals surface area contributed by atoms with Crippen molar-refractivity contribution in [1.29, 1.82) is 5.26 Å². The van der Waals surface area contributed by atoms with Crippen molar-refractivity contribution in [3.63, 3.8) is 0 Å². The molecule has 0 saturated heterocycles.